The average molecular weight is 295 g/mol. The van der Waals surface area contributed by atoms with Crippen LogP contribution in [0.1, 0.15) is 20.7 Å². The molecule has 2 heterocycles. The lowest BCUT2D eigenvalue weighted by molar-refractivity contribution is 0.0535. The SMILES string of the molecule is O=C(c1ccccc1)N1CCN(C(=O)c2cccnc2)CC1. The highest BCUT2D eigenvalue weighted by atomic mass is 16.2. The fraction of sp³-hybridized carbons (Fsp3) is 0.235. The number of piperazine rings is 1. The van der Waals surface area contributed by atoms with Gasteiger partial charge in [0.2, 0.25) is 0 Å². The van der Waals surface area contributed by atoms with E-state index in [0.717, 1.165) is 0 Å². The minimum Gasteiger partial charge on any atom is -0.335 e. The fourth-order valence-electron chi connectivity index (χ4n) is 2.55. The van der Waals surface area contributed by atoms with E-state index in [-0.39, 0.29) is 11.8 Å². The van der Waals surface area contributed by atoms with Crippen molar-refractivity contribution in [3.05, 3.63) is 66.0 Å². The van der Waals surface area contributed by atoms with E-state index in [2.05, 4.69) is 4.98 Å². The van der Waals surface area contributed by atoms with E-state index in [9.17, 15) is 9.59 Å². The molecule has 1 aromatic heterocycles. The maximum atomic E-state index is 12.4. The molecule has 112 valence electrons. The standard InChI is InChI=1S/C17H17N3O2/c21-16(14-5-2-1-3-6-14)19-9-11-20(12-10-19)17(22)15-7-4-8-18-13-15/h1-8,13H,9-12H2. The highest BCUT2D eigenvalue weighted by Crippen LogP contribution is 2.11. The Balaban J connectivity index is 1.61. The number of carbonyl (C=O) groups is 2. The maximum absolute atomic E-state index is 12.4. The van der Waals surface area contributed by atoms with Gasteiger partial charge >= 0.3 is 0 Å². The van der Waals surface area contributed by atoms with Gasteiger partial charge in [0.15, 0.2) is 0 Å². The lowest BCUT2D eigenvalue weighted by atomic mass is 10.1. The van der Waals surface area contributed by atoms with Crippen LogP contribution in [0.4, 0.5) is 0 Å². The summed E-state index contributed by atoms with van der Waals surface area (Å²) in [4.78, 5) is 32.2. The molecule has 1 aromatic carbocycles. The molecule has 0 saturated carbocycles. The Morgan fingerprint density at radius 3 is 1.86 bits per heavy atom. The molecular weight excluding hydrogens is 278 g/mol. The van der Waals surface area contributed by atoms with Gasteiger partial charge in [-0.2, -0.15) is 0 Å². The van der Waals surface area contributed by atoms with E-state index in [1.54, 1.807) is 34.3 Å². The van der Waals surface area contributed by atoms with Crippen molar-refractivity contribution in [1.29, 1.82) is 0 Å². The summed E-state index contributed by atoms with van der Waals surface area (Å²) in [5, 5.41) is 0. The zero-order valence-electron chi connectivity index (χ0n) is 12.2. The van der Waals surface area contributed by atoms with Crippen LogP contribution in [0.5, 0.6) is 0 Å². The second-order valence-corrected chi connectivity index (χ2v) is 5.19. The molecular formula is C17H17N3O2. The van der Waals surface area contributed by atoms with Gasteiger partial charge in [0, 0.05) is 44.1 Å². The maximum Gasteiger partial charge on any atom is 0.255 e. The highest BCUT2D eigenvalue weighted by molar-refractivity contribution is 5.95. The first-order valence-corrected chi connectivity index (χ1v) is 7.29. The number of carbonyl (C=O) groups excluding carboxylic acids is 2. The van der Waals surface area contributed by atoms with Crippen LogP contribution in [0.25, 0.3) is 0 Å². The predicted octanol–water partition coefficient (Wildman–Crippen LogP) is 1.68. The number of nitrogens with zero attached hydrogens (tertiary/aromatic N) is 3. The molecule has 1 aliphatic rings. The van der Waals surface area contributed by atoms with Crippen molar-refractivity contribution < 1.29 is 9.59 Å². The van der Waals surface area contributed by atoms with Gasteiger partial charge in [0.1, 0.15) is 0 Å². The quantitative estimate of drug-likeness (QED) is 0.847. The van der Waals surface area contributed by atoms with Gasteiger partial charge < -0.3 is 9.80 Å². The van der Waals surface area contributed by atoms with Crippen LogP contribution in [0.2, 0.25) is 0 Å². The molecule has 0 unspecified atom stereocenters. The van der Waals surface area contributed by atoms with E-state index in [4.69, 9.17) is 0 Å². The zero-order valence-corrected chi connectivity index (χ0v) is 12.2. The zero-order chi connectivity index (χ0) is 15.4. The van der Waals surface area contributed by atoms with Crippen molar-refractivity contribution in [2.45, 2.75) is 0 Å². The second-order valence-electron chi connectivity index (χ2n) is 5.19. The lowest BCUT2D eigenvalue weighted by Gasteiger charge is -2.34. The molecule has 2 aromatic rings. The van der Waals surface area contributed by atoms with Gasteiger partial charge in [-0.15, -0.1) is 0 Å². The van der Waals surface area contributed by atoms with E-state index in [0.29, 0.717) is 37.3 Å². The molecule has 22 heavy (non-hydrogen) atoms. The first kappa shape index (κ1) is 14.3. The largest absolute Gasteiger partial charge is 0.335 e. The van der Waals surface area contributed by atoms with E-state index in [1.165, 1.54) is 0 Å². The summed E-state index contributed by atoms with van der Waals surface area (Å²) >= 11 is 0. The number of pyridine rings is 1. The molecule has 5 nitrogen and oxygen atoms in total. The molecule has 0 bridgehead atoms. The van der Waals surface area contributed by atoms with Gasteiger partial charge in [0.05, 0.1) is 5.56 Å². The van der Waals surface area contributed by atoms with Gasteiger partial charge in [-0.3, -0.25) is 14.6 Å². The number of hydrogen-bond donors (Lipinski definition) is 0. The number of amides is 2. The van der Waals surface area contributed by atoms with Gasteiger partial charge in [-0.1, -0.05) is 18.2 Å². The molecule has 2 amide bonds. The topological polar surface area (TPSA) is 53.5 Å². The van der Waals surface area contributed by atoms with Gasteiger partial charge in [-0.25, -0.2) is 0 Å². The molecule has 1 saturated heterocycles. The molecule has 5 heteroatoms. The molecule has 0 spiro atoms. The van der Waals surface area contributed by atoms with Gasteiger partial charge in [0.25, 0.3) is 11.8 Å². The number of benzene rings is 1. The van der Waals surface area contributed by atoms with Crippen molar-refractivity contribution in [2.75, 3.05) is 26.2 Å². The van der Waals surface area contributed by atoms with Crippen LogP contribution in [0.15, 0.2) is 54.9 Å². The number of hydrogen-bond acceptors (Lipinski definition) is 3. The third-order valence-corrected chi connectivity index (χ3v) is 3.78. The van der Waals surface area contributed by atoms with Crippen LogP contribution < -0.4 is 0 Å². The molecule has 0 atom stereocenters. The first-order chi connectivity index (χ1) is 10.8. The van der Waals surface area contributed by atoms with E-state index < -0.39 is 0 Å². The summed E-state index contributed by atoms with van der Waals surface area (Å²) in [6.07, 6.45) is 3.22. The minimum absolute atomic E-state index is 0.0223. The van der Waals surface area contributed by atoms with E-state index >= 15 is 0 Å². The summed E-state index contributed by atoms with van der Waals surface area (Å²) in [5.74, 6) is -0.00557. The average Bonchev–Trinajstić information content (AvgIpc) is 2.62. The Bertz CT molecular complexity index is 591. The highest BCUT2D eigenvalue weighted by Gasteiger charge is 2.25. The second kappa shape index (κ2) is 6.39. The Kier molecular flexibility index (Phi) is 4.14. The van der Waals surface area contributed by atoms with Crippen LogP contribution in [0, 0.1) is 0 Å². The fourth-order valence-corrected chi connectivity index (χ4v) is 2.55. The molecule has 0 aliphatic carbocycles. The third kappa shape index (κ3) is 2.98. The Morgan fingerprint density at radius 2 is 1.32 bits per heavy atom. The first-order valence-electron chi connectivity index (χ1n) is 7.29. The van der Waals surface area contributed by atoms with Crippen molar-refractivity contribution >= 4 is 11.8 Å². The number of aromatic nitrogens is 1. The van der Waals surface area contributed by atoms with Crippen molar-refractivity contribution in [1.82, 2.24) is 14.8 Å². The van der Waals surface area contributed by atoms with Crippen molar-refractivity contribution in [3.8, 4) is 0 Å². The number of rotatable bonds is 2. The Labute approximate surface area is 129 Å². The summed E-state index contributed by atoms with van der Waals surface area (Å²) in [6, 6.07) is 12.7. The molecule has 1 fully saturated rings. The summed E-state index contributed by atoms with van der Waals surface area (Å²) in [7, 11) is 0. The molecule has 1 aliphatic heterocycles. The molecule has 0 radical (unpaired) electrons. The smallest absolute Gasteiger partial charge is 0.255 e. The summed E-state index contributed by atoms with van der Waals surface area (Å²) in [6.45, 7) is 2.21. The van der Waals surface area contributed by atoms with Crippen LogP contribution >= 0.6 is 0 Å². The van der Waals surface area contributed by atoms with Crippen LogP contribution in [-0.4, -0.2) is 52.8 Å². The van der Waals surface area contributed by atoms with Crippen LogP contribution in [-0.2, 0) is 0 Å². The molecule has 3 rings (SSSR count). The Morgan fingerprint density at radius 1 is 0.773 bits per heavy atom. The summed E-state index contributed by atoms with van der Waals surface area (Å²) in [5.41, 5.74) is 1.28. The molecule has 0 N–H and O–H groups in total. The predicted molar refractivity (Wildman–Crippen MR) is 82.5 cm³/mol. The van der Waals surface area contributed by atoms with Gasteiger partial charge in [-0.05, 0) is 24.3 Å². The minimum atomic E-state index is -0.0279. The van der Waals surface area contributed by atoms with Crippen LogP contribution in [0.3, 0.4) is 0 Å². The monoisotopic (exact) mass is 295 g/mol. The van der Waals surface area contributed by atoms with Crippen molar-refractivity contribution in [3.63, 3.8) is 0 Å². The Hall–Kier alpha value is -2.69. The normalized spacial score (nSPS) is 14.7. The third-order valence-electron chi connectivity index (χ3n) is 3.78. The van der Waals surface area contributed by atoms with E-state index in [1.807, 2.05) is 30.3 Å². The van der Waals surface area contributed by atoms with Crippen molar-refractivity contribution in [2.24, 2.45) is 0 Å². The lowest BCUT2D eigenvalue weighted by Crippen LogP contribution is -2.50. The summed E-state index contributed by atoms with van der Waals surface area (Å²) < 4.78 is 0.